The van der Waals surface area contributed by atoms with Crippen molar-refractivity contribution >= 4 is 5.57 Å². The van der Waals surface area contributed by atoms with Crippen molar-refractivity contribution in [1.82, 2.24) is 35.1 Å². The predicted molar refractivity (Wildman–Crippen MR) is 95.8 cm³/mol. The molecule has 8 heteroatoms. The first kappa shape index (κ1) is 17.4. The molecule has 4 heterocycles. The molecule has 1 N–H and O–H groups in total. The molecule has 0 saturated heterocycles. The van der Waals surface area contributed by atoms with E-state index < -0.39 is 0 Å². The molecule has 134 valence electrons. The van der Waals surface area contributed by atoms with E-state index in [2.05, 4.69) is 43.6 Å². The summed E-state index contributed by atoms with van der Waals surface area (Å²) in [7, 11) is 4.11. The lowest BCUT2D eigenvalue weighted by molar-refractivity contribution is 0.0597. The minimum absolute atomic E-state index is 0.196. The van der Waals surface area contributed by atoms with E-state index in [0.29, 0.717) is 12.6 Å². The van der Waals surface area contributed by atoms with E-state index in [1.807, 2.05) is 38.7 Å². The second-order valence-corrected chi connectivity index (χ2v) is 5.61. The molecule has 0 aromatic carbocycles. The van der Waals surface area contributed by atoms with Gasteiger partial charge in [0.25, 0.3) is 0 Å². The van der Waals surface area contributed by atoms with Gasteiger partial charge in [0.2, 0.25) is 0 Å². The largest absolute Gasteiger partial charge is 0.464 e. The summed E-state index contributed by atoms with van der Waals surface area (Å²) >= 11 is 0. The number of ether oxygens (including phenoxy) is 1. The third kappa shape index (κ3) is 3.10. The summed E-state index contributed by atoms with van der Waals surface area (Å²) in [4.78, 5) is 8.40. The fourth-order valence-corrected chi connectivity index (χ4v) is 2.94. The smallest absolute Gasteiger partial charge is 0.316 e. The van der Waals surface area contributed by atoms with Crippen LogP contribution in [0.25, 0.3) is 11.3 Å². The Labute approximate surface area is 148 Å². The fraction of sp³-hybridized carbons (Fsp3) is 0.471. The maximum Gasteiger partial charge on any atom is 0.316 e. The summed E-state index contributed by atoms with van der Waals surface area (Å²) in [5, 5.41) is 12.4. The second-order valence-electron chi connectivity index (χ2n) is 5.61. The molecule has 0 bridgehead atoms. The molecule has 2 aliphatic heterocycles. The quantitative estimate of drug-likeness (QED) is 0.908. The van der Waals surface area contributed by atoms with Crippen LogP contribution in [0.3, 0.4) is 0 Å². The Morgan fingerprint density at radius 1 is 1.24 bits per heavy atom. The van der Waals surface area contributed by atoms with E-state index in [-0.39, 0.29) is 6.17 Å². The summed E-state index contributed by atoms with van der Waals surface area (Å²) in [6.07, 6.45) is 7.82. The van der Waals surface area contributed by atoms with Gasteiger partial charge in [-0.2, -0.15) is 5.10 Å². The van der Waals surface area contributed by atoms with Gasteiger partial charge < -0.3 is 9.75 Å². The van der Waals surface area contributed by atoms with Crippen molar-refractivity contribution in [3.8, 4) is 11.7 Å². The number of nitrogens with zero attached hydrogens (tertiary/aromatic N) is 6. The molecule has 0 radical (unpaired) electrons. The normalized spacial score (nSPS) is 18.8. The van der Waals surface area contributed by atoms with Crippen molar-refractivity contribution in [3.05, 3.63) is 36.0 Å². The highest BCUT2D eigenvalue weighted by Gasteiger charge is 2.34. The molecule has 2 aliphatic rings. The summed E-state index contributed by atoms with van der Waals surface area (Å²) < 4.78 is 7.10. The molecule has 0 amide bonds. The second kappa shape index (κ2) is 7.20. The first-order valence-corrected chi connectivity index (χ1v) is 8.62. The number of fused-ring (bicyclic) bond motifs is 3. The van der Waals surface area contributed by atoms with Crippen molar-refractivity contribution < 1.29 is 4.74 Å². The number of likely N-dealkylation sites (N-methyl/N-ethyl adjacent to an activating group) is 1. The van der Waals surface area contributed by atoms with Crippen molar-refractivity contribution in [3.63, 3.8) is 0 Å². The standard InChI is InChI=1S/C15H19N7O.C2H6/c1-4-23-15-17-5-10(6-18-15)22-9-11-12-8-20(2)21(3)14(12)16-7-13(11)19-22;1-2/h5-6,8-9,14,16H,4,7H2,1-3H3;1-2H3. The monoisotopic (exact) mass is 343 g/mol. The van der Waals surface area contributed by atoms with E-state index in [4.69, 9.17) is 4.74 Å². The maximum atomic E-state index is 5.28. The number of aromatic nitrogens is 4. The van der Waals surface area contributed by atoms with Gasteiger partial charge in [-0.3, -0.25) is 5.32 Å². The van der Waals surface area contributed by atoms with Crippen LogP contribution in [0, 0.1) is 0 Å². The average molecular weight is 343 g/mol. The zero-order valence-electron chi connectivity index (χ0n) is 15.4. The lowest BCUT2D eigenvalue weighted by Crippen LogP contribution is -2.46. The van der Waals surface area contributed by atoms with Crippen LogP contribution >= 0.6 is 0 Å². The lowest BCUT2D eigenvalue weighted by atomic mass is 10.0. The molecular formula is C17H25N7O. The molecular weight excluding hydrogens is 318 g/mol. The van der Waals surface area contributed by atoms with E-state index >= 15 is 0 Å². The highest BCUT2D eigenvalue weighted by Crippen LogP contribution is 2.33. The van der Waals surface area contributed by atoms with E-state index in [1.54, 1.807) is 12.4 Å². The van der Waals surface area contributed by atoms with Gasteiger partial charge in [0.05, 0.1) is 24.7 Å². The topological polar surface area (TPSA) is 71.3 Å². The first-order chi connectivity index (χ1) is 12.2. The fourth-order valence-electron chi connectivity index (χ4n) is 2.94. The Morgan fingerprint density at radius 3 is 2.64 bits per heavy atom. The van der Waals surface area contributed by atoms with Crippen LogP contribution in [0.4, 0.5) is 0 Å². The SMILES string of the molecule is CC.CCOc1ncc(-n2cc3c(n2)CNC2C3=CN(C)N2C)cn1. The van der Waals surface area contributed by atoms with Gasteiger partial charge in [-0.05, 0) is 6.92 Å². The van der Waals surface area contributed by atoms with Crippen LogP contribution in [0.2, 0.25) is 0 Å². The first-order valence-electron chi connectivity index (χ1n) is 8.62. The zero-order valence-corrected chi connectivity index (χ0v) is 15.4. The van der Waals surface area contributed by atoms with Gasteiger partial charge in [0, 0.05) is 44.2 Å². The molecule has 0 fully saturated rings. The summed E-state index contributed by atoms with van der Waals surface area (Å²) in [5.74, 6) is 0. The Hall–Kier alpha value is -2.45. The van der Waals surface area contributed by atoms with Crippen LogP contribution in [0.5, 0.6) is 6.01 Å². The Morgan fingerprint density at radius 2 is 1.96 bits per heavy atom. The Balaban J connectivity index is 0.000000880. The molecule has 4 rings (SSSR count). The van der Waals surface area contributed by atoms with Gasteiger partial charge in [-0.1, -0.05) is 13.8 Å². The van der Waals surface area contributed by atoms with Crippen molar-refractivity contribution in [2.24, 2.45) is 0 Å². The van der Waals surface area contributed by atoms with Gasteiger partial charge in [-0.15, -0.1) is 0 Å². The Kier molecular flexibility index (Phi) is 5.00. The van der Waals surface area contributed by atoms with Crippen molar-refractivity contribution in [2.45, 2.75) is 33.5 Å². The number of hydrazine groups is 1. The number of hydrogen-bond donors (Lipinski definition) is 1. The van der Waals surface area contributed by atoms with Gasteiger partial charge in [0.1, 0.15) is 11.9 Å². The van der Waals surface area contributed by atoms with E-state index in [1.165, 1.54) is 11.1 Å². The number of nitrogens with one attached hydrogen (secondary N) is 1. The summed E-state index contributed by atoms with van der Waals surface area (Å²) in [6, 6.07) is 0.386. The van der Waals surface area contributed by atoms with Crippen LogP contribution < -0.4 is 10.1 Å². The highest BCUT2D eigenvalue weighted by atomic mass is 16.5. The third-order valence-corrected chi connectivity index (χ3v) is 4.21. The third-order valence-electron chi connectivity index (χ3n) is 4.21. The molecule has 1 unspecified atom stereocenters. The maximum absolute atomic E-state index is 5.28. The van der Waals surface area contributed by atoms with Crippen LogP contribution in [0.1, 0.15) is 32.0 Å². The van der Waals surface area contributed by atoms with Crippen LogP contribution in [-0.4, -0.2) is 56.6 Å². The lowest BCUT2D eigenvalue weighted by Gasteiger charge is -2.30. The van der Waals surface area contributed by atoms with Crippen LogP contribution in [0.15, 0.2) is 24.8 Å². The van der Waals surface area contributed by atoms with E-state index in [0.717, 1.165) is 17.9 Å². The molecule has 0 saturated carbocycles. The minimum Gasteiger partial charge on any atom is -0.464 e. The predicted octanol–water partition coefficient (Wildman–Crippen LogP) is 1.65. The zero-order chi connectivity index (χ0) is 18.0. The minimum atomic E-state index is 0.196. The van der Waals surface area contributed by atoms with Gasteiger partial charge >= 0.3 is 6.01 Å². The molecule has 2 aromatic heterocycles. The molecule has 25 heavy (non-hydrogen) atoms. The summed E-state index contributed by atoms with van der Waals surface area (Å²) in [5.41, 5.74) is 4.25. The Bertz CT molecular complexity index is 753. The number of rotatable bonds is 3. The molecule has 8 nitrogen and oxygen atoms in total. The van der Waals surface area contributed by atoms with Gasteiger partial charge in [-0.25, -0.2) is 19.7 Å². The molecule has 0 aliphatic carbocycles. The summed E-state index contributed by atoms with van der Waals surface area (Å²) in [6.45, 7) is 7.20. The molecule has 0 spiro atoms. The van der Waals surface area contributed by atoms with Gasteiger partial charge in [0.15, 0.2) is 0 Å². The van der Waals surface area contributed by atoms with Crippen molar-refractivity contribution in [2.75, 3.05) is 20.7 Å². The average Bonchev–Trinajstić information content (AvgIpc) is 3.20. The van der Waals surface area contributed by atoms with Crippen LogP contribution in [-0.2, 0) is 6.54 Å². The number of hydrogen-bond acceptors (Lipinski definition) is 7. The molecule has 2 aromatic rings. The van der Waals surface area contributed by atoms with E-state index in [9.17, 15) is 0 Å². The van der Waals surface area contributed by atoms with Crippen molar-refractivity contribution in [1.29, 1.82) is 0 Å². The highest BCUT2D eigenvalue weighted by molar-refractivity contribution is 5.73. The molecule has 1 atom stereocenters.